The third-order valence-electron chi connectivity index (χ3n) is 5.08. The van der Waals surface area contributed by atoms with Gasteiger partial charge in [0.2, 0.25) is 0 Å². The number of carboxylic acid groups (broad SMARTS) is 1. The molecule has 0 bridgehead atoms. The number of phenols is 1. The van der Waals surface area contributed by atoms with Crippen LogP contribution in [0.15, 0.2) is 86.0 Å². The van der Waals surface area contributed by atoms with Crippen LogP contribution in [0, 0.1) is 0 Å². The number of esters is 1. The summed E-state index contributed by atoms with van der Waals surface area (Å²) >= 11 is 0. The Balaban J connectivity index is 0.000000240. The number of aromatic hydroxyl groups is 1. The highest BCUT2D eigenvalue weighted by Gasteiger charge is 2.32. The van der Waals surface area contributed by atoms with Gasteiger partial charge in [-0.05, 0) is 69.1 Å². The van der Waals surface area contributed by atoms with Gasteiger partial charge in [0.25, 0.3) is 0 Å². The first kappa shape index (κ1) is 32.4. The van der Waals surface area contributed by atoms with Crippen LogP contribution < -0.4 is 4.74 Å². The first-order valence-electron chi connectivity index (χ1n) is 11.7. The molecule has 4 rings (SSSR count). The molecule has 0 aromatic heterocycles. The fourth-order valence-electron chi connectivity index (χ4n) is 3.31. The number of ether oxygens (including phenoxy) is 1. The van der Waals surface area contributed by atoms with E-state index in [1.807, 2.05) is 42.5 Å². The van der Waals surface area contributed by atoms with Crippen LogP contribution >= 0.6 is 0 Å². The lowest BCUT2D eigenvalue weighted by atomic mass is 10.1. The van der Waals surface area contributed by atoms with Crippen LogP contribution in [0.25, 0.3) is 33.7 Å². The van der Waals surface area contributed by atoms with Crippen molar-refractivity contribution in [2.24, 2.45) is 0 Å². The number of carboxylic acids is 1. The molecular weight excluding hydrogens is 554 g/mol. The molecule has 0 aliphatic rings. The first-order valence-corrected chi connectivity index (χ1v) is 11.7. The van der Waals surface area contributed by atoms with E-state index >= 15 is 0 Å². The molecule has 0 unspecified atom stereocenters. The zero-order valence-electron chi connectivity index (χ0n) is 21.3. The maximum atomic E-state index is 12.0. The fraction of sp³-hybridized carbons (Fsp3) is 0.133. The summed E-state index contributed by atoms with van der Waals surface area (Å²) in [5.41, 5.74) is 2.03. The lowest BCUT2D eigenvalue weighted by Gasteiger charge is -2.08. The molecular formula is C30H24F6O5. The number of carbonyl (C=O) groups is 2. The van der Waals surface area contributed by atoms with Gasteiger partial charge < -0.3 is 14.9 Å². The fourth-order valence-corrected chi connectivity index (χ4v) is 3.31. The number of halogens is 6. The van der Waals surface area contributed by atoms with Crippen LogP contribution in [-0.2, 0) is 9.59 Å². The van der Waals surface area contributed by atoms with Gasteiger partial charge in [-0.2, -0.15) is 26.3 Å². The lowest BCUT2D eigenvalue weighted by molar-refractivity contribution is -0.167. The van der Waals surface area contributed by atoms with Crippen LogP contribution in [0.1, 0.15) is 24.0 Å². The topological polar surface area (TPSA) is 83.8 Å². The summed E-state index contributed by atoms with van der Waals surface area (Å²) in [7, 11) is 0. The van der Waals surface area contributed by atoms with Crippen LogP contribution in [0.5, 0.6) is 11.5 Å². The molecule has 0 radical (unpaired) electrons. The molecule has 0 saturated carbocycles. The number of phenolic OH excluding ortho intramolecular Hbond substituents is 1. The quantitative estimate of drug-likeness (QED) is 0.141. The van der Waals surface area contributed by atoms with Gasteiger partial charge in [0.1, 0.15) is 24.3 Å². The van der Waals surface area contributed by atoms with Crippen molar-refractivity contribution in [3.05, 3.63) is 97.1 Å². The number of rotatable bonds is 5. The van der Waals surface area contributed by atoms with Crippen molar-refractivity contribution in [1.29, 1.82) is 0 Å². The molecule has 2 N–H and O–H groups in total. The van der Waals surface area contributed by atoms with Crippen molar-refractivity contribution < 1.29 is 50.9 Å². The molecule has 0 amide bonds. The maximum Gasteiger partial charge on any atom is 0.399 e. The Kier molecular flexibility index (Phi) is 11.1. The minimum absolute atomic E-state index is 0.0955. The molecule has 216 valence electrons. The van der Waals surface area contributed by atoms with E-state index in [-0.39, 0.29) is 5.75 Å². The Bertz CT molecular complexity index is 1540. The third kappa shape index (κ3) is 11.9. The third-order valence-corrected chi connectivity index (χ3v) is 5.08. The highest BCUT2D eigenvalue weighted by Crippen LogP contribution is 2.25. The molecule has 41 heavy (non-hydrogen) atoms. The summed E-state index contributed by atoms with van der Waals surface area (Å²) in [6, 6.07) is 21.5. The number of hydrogen-bond donors (Lipinski definition) is 2. The summed E-state index contributed by atoms with van der Waals surface area (Å²) in [6.45, 7) is 7.36. The minimum atomic E-state index is -4.58. The van der Waals surface area contributed by atoms with Crippen LogP contribution in [-0.4, -0.2) is 34.5 Å². The maximum absolute atomic E-state index is 12.0. The van der Waals surface area contributed by atoms with E-state index in [1.165, 1.54) is 12.1 Å². The molecule has 0 aliphatic heterocycles. The highest BCUT2D eigenvalue weighted by atomic mass is 19.4. The van der Waals surface area contributed by atoms with Gasteiger partial charge in [0, 0.05) is 0 Å². The Hall–Kier alpha value is -4.80. The highest BCUT2D eigenvalue weighted by molar-refractivity contribution is 5.87. The molecule has 5 nitrogen and oxygen atoms in total. The van der Waals surface area contributed by atoms with Crippen LogP contribution in [0.3, 0.4) is 0 Å². The Labute approximate surface area is 230 Å². The average molecular weight is 579 g/mol. The van der Waals surface area contributed by atoms with Crippen LogP contribution in [0.4, 0.5) is 26.3 Å². The van der Waals surface area contributed by atoms with Gasteiger partial charge >= 0.3 is 24.3 Å². The van der Waals surface area contributed by atoms with Crippen molar-refractivity contribution in [2.75, 3.05) is 0 Å². The SMILES string of the molecule is C=Cc1ccc2cc(O)ccc2c1.C=Cc1ccc2cc(OC(=O)CC(F)(F)F)ccc2c1.O=C(O)CC(F)(F)F. The molecule has 11 heteroatoms. The van der Waals surface area contributed by atoms with E-state index in [1.54, 1.807) is 30.3 Å². The van der Waals surface area contributed by atoms with Crippen molar-refractivity contribution >= 4 is 45.6 Å². The van der Waals surface area contributed by atoms with Gasteiger partial charge in [0.05, 0.1) is 0 Å². The predicted molar refractivity (Wildman–Crippen MR) is 144 cm³/mol. The molecule has 0 aliphatic carbocycles. The minimum Gasteiger partial charge on any atom is -0.508 e. The van der Waals surface area contributed by atoms with Gasteiger partial charge in [0.15, 0.2) is 0 Å². The number of benzene rings is 4. The van der Waals surface area contributed by atoms with Gasteiger partial charge in [-0.15, -0.1) is 0 Å². The summed E-state index contributed by atoms with van der Waals surface area (Å²) in [4.78, 5) is 20.4. The molecule has 0 fully saturated rings. The first-order chi connectivity index (χ1) is 19.1. The number of fused-ring (bicyclic) bond motifs is 2. The number of carbonyl (C=O) groups excluding carboxylic acids is 1. The predicted octanol–water partition coefficient (Wildman–Crippen LogP) is 8.55. The zero-order valence-corrected chi connectivity index (χ0v) is 21.3. The largest absolute Gasteiger partial charge is 0.508 e. The van der Waals surface area contributed by atoms with E-state index in [9.17, 15) is 41.0 Å². The lowest BCUT2D eigenvalue weighted by Crippen LogP contribution is -2.19. The van der Waals surface area contributed by atoms with E-state index in [0.717, 1.165) is 32.7 Å². The standard InChI is InChI=1S/C15H11F3O2.C12H10O.C3H3F3O2/c1-2-10-3-4-12-8-13(6-5-11(12)7-10)20-14(19)9-15(16,17)18;1-2-9-3-4-11-8-12(13)6-5-10(11)7-9;4-3(5,6)1-2(7)8/h2-8H,1,9H2;2-8,13H,1H2;1H2,(H,7,8). The molecule has 0 heterocycles. The zero-order chi connectivity index (χ0) is 30.8. The molecule has 0 atom stereocenters. The Morgan fingerprint density at radius 1 is 0.683 bits per heavy atom. The second-order valence-electron chi connectivity index (χ2n) is 8.42. The van der Waals surface area contributed by atoms with Crippen molar-refractivity contribution in [1.82, 2.24) is 0 Å². The molecule has 4 aromatic carbocycles. The Morgan fingerprint density at radius 2 is 1.12 bits per heavy atom. The smallest absolute Gasteiger partial charge is 0.399 e. The summed E-state index contributed by atoms with van der Waals surface area (Å²) in [5, 5.41) is 20.6. The van der Waals surface area contributed by atoms with Gasteiger partial charge in [-0.3, -0.25) is 9.59 Å². The van der Waals surface area contributed by atoms with E-state index in [4.69, 9.17) is 5.11 Å². The molecule has 0 spiro atoms. The van der Waals surface area contributed by atoms with E-state index in [2.05, 4.69) is 17.9 Å². The van der Waals surface area contributed by atoms with Crippen molar-refractivity contribution in [3.63, 3.8) is 0 Å². The van der Waals surface area contributed by atoms with Crippen molar-refractivity contribution in [3.8, 4) is 11.5 Å². The van der Waals surface area contributed by atoms with Gasteiger partial charge in [-0.1, -0.05) is 61.7 Å². The second kappa shape index (κ2) is 14.0. The average Bonchev–Trinajstić information content (AvgIpc) is 2.86. The van der Waals surface area contributed by atoms with Crippen LogP contribution in [0.2, 0.25) is 0 Å². The Morgan fingerprint density at radius 3 is 1.56 bits per heavy atom. The molecule has 0 saturated heterocycles. The summed E-state index contributed by atoms with van der Waals surface area (Å²) < 4.78 is 73.6. The normalized spacial score (nSPS) is 11.0. The second-order valence-corrected chi connectivity index (χ2v) is 8.42. The summed E-state index contributed by atoms with van der Waals surface area (Å²) in [6.07, 6.45) is -8.99. The number of aliphatic carboxylic acids is 1. The van der Waals surface area contributed by atoms with E-state index < -0.39 is 37.1 Å². The van der Waals surface area contributed by atoms with E-state index in [0.29, 0.717) is 5.75 Å². The number of hydrogen-bond acceptors (Lipinski definition) is 4. The molecule has 4 aromatic rings. The number of alkyl halides is 6. The summed E-state index contributed by atoms with van der Waals surface area (Å²) in [5.74, 6) is -2.77. The van der Waals surface area contributed by atoms with Crippen molar-refractivity contribution in [2.45, 2.75) is 25.2 Å². The van der Waals surface area contributed by atoms with Gasteiger partial charge in [-0.25, -0.2) is 0 Å². The monoisotopic (exact) mass is 578 g/mol.